The van der Waals surface area contributed by atoms with Crippen molar-refractivity contribution in [3.05, 3.63) is 63.1 Å². The summed E-state index contributed by atoms with van der Waals surface area (Å²) >= 11 is -1.38. The van der Waals surface area contributed by atoms with Gasteiger partial charge in [0.2, 0.25) is 0 Å². The standard InChI is InChI=1S/C9H7.C6H7.C3H6.Ti/c1-2-5-9-7-3-6-8(9)4-1;1-6-4-2-3-5-6;1-3-2;/h1-7H;2,4H,3H2,1H3;1-2H3;. The third-order valence-electron chi connectivity index (χ3n) is 4.14. The first-order valence-corrected chi connectivity index (χ1v) is 9.46. The first-order chi connectivity index (χ1) is 9.18. The molecule has 2 aliphatic rings. The first-order valence-electron chi connectivity index (χ1n) is 6.99. The third kappa shape index (κ3) is 2.28. The topological polar surface area (TPSA) is 0 Å². The second kappa shape index (κ2) is 5.19. The number of fused-ring (bicyclic) bond motifs is 1. The van der Waals surface area contributed by atoms with Crippen LogP contribution in [0.4, 0.5) is 0 Å². The summed E-state index contributed by atoms with van der Waals surface area (Å²) < 4.78 is 4.14. The molecule has 0 saturated carbocycles. The Morgan fingerprint density at radius 1 is 1.16 bits per heavy atom. The average molecular weight is 284 g/mol. The van der Waals surface area contributed by atoms with Crippen LogP contribution in [0.1, 0.15) is 42.5 Å². The zero-order valence-electron chi connectivity index (χ0n) is 11.9. The van der Waals surface area contributed by atoms with E-state index < -0.39 is 17.4 Å². The summed E-state index contributed by atoms with van der Waals surface area (Å²) in [7, 11) is 0. The maximum absolute atomic E-state index is 2.46. The molecule has 1 unspecified atom stereocenters. The Labute approximate surface area is 121 Å². The van der Waals surface area contributed by atoms with Crippen molar-refractivity contribution in [2.75, 3.05) is 0 Å². The summed E-state index contributed by atoms with van der Waals surface area (Å²) in [6.45, 7) is 6.99. The molecule has 0 amide bonds. The van der Waals surface area contributed by atoms with Gasteiger partial charge in [0, 0.05) is 0 Å². The molecule has 1 aromatic rings. The van der Waals surface area contributed by atoms with Gasteiger partial charge in [0.15, 0.2) is 0 Å². The van der Waals surface area contributed by atoms with E-state index in [1.165, 1.54) is 17.6 Å². The van der Waals surface area contributed by atoms with Crippen molar-refractivity contribution < 1.29 is 17.4 Å². The van der Waals surface area contributed by atoms with Gasteiger partial charge in [0.25, 0.3) is 0 Å². The first kappa shape index (κ1) is 13.0. The molecule has 0 N–H and O–H groups in total. The van der Waals surface area contributed by atoms with Crippen LogP contribution >= 0.6 is 0 Å². The van der Waals surface area contributed by atoms with Crippen LogP contribution < -0.4 is 0 Å². The third-order valence-corrected chi connectivity index (χ3v) is 9.53. The number of benzene rings is 1. The summed E-state index contributed by atoms with van der Waals surface area (Å²) in [5.74, 6) is 0. The molecule has 1 atom stereocenters. The van der Waals surface area contributed by atoms with Gasteiger partial charge in [-0.15, -0.1) is 0 Å². The van der Waals surface area contributed by atoms with E-state index >= 15 is 0 Å². The maximum atomic E-state index is 2.46. The van der Waals surface area contributed by atoms with Gasteiger partial charge in [0.1, 0.15) is 0 Å². The Morgan fingerprint density at radius 2 is 1.95 bits per heavy atom. The summed E-state index contributed by atoms with van der Waals surface area (Å²) in [4.78, 5) is 0. The van der Waals surface area contributed by atoms with E-state index in [4.69, 9.17) is 0 Å². The quantitative estimate of drug-likeness (QED) is 0.683. The Kier molecular flexibility index (Phi) is 3.56. The molecule has 0 nitrogen and oxygen atoms in total. The SMILES string of the molecule is CC1=[C]([Ti](=[C](C)C)[CH]2C=Cc3ccccc32)CC=C1. The molecule has 0 heterocycles. The molecule has 0 saturated heterocycles. The second-order valence-corrected chi connectivity index (χ2v) is 10.4. The van der Waals surface area contributed by atoms with Gasteiger partial charge in [-0.2, -0.15) is 0 Å². The van der Waals surface area contributed by atoms with E-state index in [0.717, 1.165) is 0 Å². The van der Waals surface area contributed by atoms with Crippen molar-refractivity contribution >= 4 is 9.89 Å². The van der Waals surface area contributed by atoms with Gasteiger partial charge in [-0.05, 0) is 0 Å². The van der Waals surface area contributed by atoms with Gasteiger partial charge in [-0.3, -0.25) is 0 Å². The Hall–Kier alpha value is -0.976. The minimum absolute atomic E-state index is 0.686. The van der Waals surface area contributed by atoms with Crippen LogP contribution in [-0.4, -0.2) is 3.81 Å². The van der Waals surface area contributed by atoms with Gasteiger partial charge < -0.3 is 0 Å². The molecule has 96 valence electrons. The van der Waals surface area contributed by atoms with Crippen LogP contribution in [0.2, 0.25) is 0 Å². The normalized spacial score (nSPS) is 20.1. The van der Waals surface area contributed by atoms with Crippen molar-refractivity contribution in [1.82, 2.24) is 0 Å². The molecule has 0 aromatic heterocycles. The number of hydrogen-bond acceptors (Lipinski definition) is 0. The molecule has 19 heavy (non-hydrogen) atoms. The molecule has 0 fully saturated rings. The van der Waals surface area contributed by atoms with Gasteiger partial charge in [-0.25, -0.2) is 0 Å². The molecular weight excluding hydrogens is 264 g/mol. The van der Waals surface area contributed by atoms with E-state index in [2.05, 4.69) is 69.3 Å². The molecule has 0 bridgehead atoms. The molecule has 2 aliphatic carbocycles. The van der Waals surface area contributed by atoms with Crippen LogP contribution in [0.3, 0.4) is 0 Å². The van der Waals surface area contributed by atoms with Crippen LogP contribution in [0, 0.1) is 0 Å². The summed E-state index contributed by atoms with van der Waals surface area (Å²) in [5, 5.41) is 0. The fourth-order valence-electron chi connectivity index (χ4n) is 3.24. The fraction of sp³-hybridized carbons (Fsp3) is 0.278. The van der Waals surface area contributed by atoms with Crippen molar-refractivity contribution in [3.63, 3.8) is 0 Å². The summed E-state index contributed by atoms with van der Waals surface area (Å²) in [5.41, 5.74) is 4.53. The van der Waals surface area contributed by atoms with Gasteiger partial charge >= 0.3 is 122 Å². The number of rotatable bonds is 2. The fourth-order valence-corrected chi connectivity index (χ4v) is 8.41. The number of hydrogen-bond donors (Lipinski definition) is 0. The van der Waals surface area contributed by atoms with Crippen LogP contribution in [0.5, 0.6) is 0 Å². The Morgan fingerprint density at radius 3 is 2.63 bits per heavy atom. The monoisotopic (exact) mass is 284 g/mol. The molecule has 0 aliphatic heterocycles. The molecule has 0 radical (unpaired) electrons. The van der Waals surface area contributed by atoms with Crippen molar-refractivity contribution in [3.8, 4) is 0 Å². The zero-order valence-corrected chi connectivity index (χ0v) is 13.5. The van der Waals surface area contributed by atoms with Gasteiger partial charge in [-0.1, -0.05) is 0 Å². The summed E-state index contributed by atoms with van der Waals surface area (Å²) in [6.07, 6.45) is 10.6. The molecule has 0 spiro atoms. The molecule has 3 rings (SSSR count). The predicted molar refractivity (Wildman–Crippen MR) is 81.0 cm³/mol. The van der Waals surface area contributed by atoms with Gasteiger partial charge in [0.05, 0.1) is 0 Å². The van der Waals surface area contributed by atoms with Crippen LogP contribution in [0.15, 0.2) is 51.9 Å². The van der Waals surface area contributed by atoms with E-state index in [0.29, 0.717) is 4.22 Å². The van der Waals surface area contributed by atoms with Crippen molar-refractivity contribution in [2.45, 2.75) is 31.4 Å². The average Bonchev–Trinajstić information content (AvgIpc) is 2.98. The van der Waals surface area contributed by atoms with Crippen LogP contribution in [0.25, 0.3) is 6.08 Å². The predicted octanol–water partition coefficient (Wildman–Crippen LogP) is 4.82. The summed E-state index contributed by atoms with van der Waals surface area (Å²) in [6, 6.07) is 8.92. The van der Waals surface area contributed by atoms with E-state index in [9.17, 15) is 0 Å². The minimum atomic E-state index is -1.38. The molecule has 1 aromatic carbocycles. The Bertz CT molecular complexity index is 637. The van der Waals surface area contributed by atoms with E-state index in [1.54, 1.807) is 13.3 Å². The van der Waals surface area contributed by atoms with E-state index in [-0.39, 0.29) is 0 Å². The molecular formula is C18H20Ti. The van der Waals surface area contributed by atoms with Crippen LogP contribution in [-0.2, 0) is 17.4 Å². The number of allylic oxidation sites excluding steroid dienone is 5. The van der Waals surface area contributed by atoms with Crippen molar-refractivity contribution in [1.29, 1.82) is 0 Å². The Balaban J connectivity index is 2.09. The second-order valence-electron chi connectivity index (χ2n) is 5.65. The van der Waals surface area contributed by atoms with Crippen molar-refractivity contribution in [2.24, 2.45) is 0 Å². The molecule has 1 heteroatoms. The van der Waals surface area contributed by atoms with E-state index in [1.807, 2.05) is 0 Å². The zero-order chi connectivity index (χ0) is 13.4.